The Kier molecular flexibility index (Phi) is 2.42. The second-order valence-electron chi connectivity index (χ2n) is 5.84. The minimum atomic E-state index is -1.23. The van der Waals surface area contributed by atoms with Gasteiger partial charge in [0.05, 0.1) is 0 Å². The van der Waals surface area contributed by atoms with E-state index >= 15 is 0 Å². The standard InChI is InChI=1S/C20H14O3/c21-20(17-10-5-11-18-19(17)23-12-22-18)15-8-3-1-6-13(15)14-7-2-4-9-16(14)20/h1-11,21H,12H2. The molecule has 23 heavy (non-hydrogen) atoms. The largest absolute Gasteiger partial charge is 0.454 e. The van der Waals surface area contributed by atoms with Gasteiger partial charge in [-0.2, -0.15) is 0 Å². The smallest absolute Gasteiger partial charge is 0.231 e. The molecule has 0 spiro atoms. The summed E-state index contributed by atoms with van der Waals surface area (Å²) in [6.45, 7) is 0.186. The van der Waals surface area contributed by atoms with Crippen molar-refractivity contribution in [3.8, 4) is 22.6 Å². The molecular formula is C20H14O3. The van der Waals surface area contributed by atoms with E-state index in [4.69, 9.17) is 9.47 Å². The number of fused-ring (bicyclic) bond motifs is 4. The minimum absolute atomic E-state index is 0.186. The molecule has 1 heterocycles. The van der Waals surface area contributed by atoms with Gasteiger partial charge in [0.1, 0.15) is 5.60 Å². The summed E-state index contributed by atoms with van der Waals surface area (Å²) in [6.07, 6.45) is 0. The van der Waals surface area contributed by atoms with Gasteiger partial charge in [-0.05, 0) is 17.2 Å². The molecule has 3 heteroatoms. The minimum Gasteiger partial charge on any atom is -0.454 e. The number of benzene rings is 3. The summed E-state index contributed by atoms with van der Waals surface area (Å²) in [5.41, 5.74) is 3.37. The molecule has 0 radical (unpaired) electrons. The molecule has 2 aliphatic rings. The van der Waals surface area contributed by atoms with Crippen LogP contribution in [0.2, 0.25) is 0 Å². The lowest BCUT2D eigenvalue weighted by atomic mass is 9.83. The normalized spacial score (nSPS) is 16.0. The van der Waals surface area contributed by atoms with E-state index in [1.165, 1.54) is 0 Å². The molecule has 3 aromatic carbocycles. The molecule has 5 rings (SSSR count). The van der Waals surface area contributed by atoms with Crippen molar-refractivity contribution in [3.05, 3.63) is 83.4 Å². The number of hydrogen-bond acceptors (Lipinski definition) is 3. The summed E-state index contributed by atoms with van der Waals surface area (Å²) in [5, 5.41) is 11.8. The number of para-hydroxylation sites is 1. The van der Waals surface area contributed by atoms with Gasteiger partial charge in [0.15, 0.2) is 11.5 Å². The summed E-state index contributed by atoms with van der Waals surface area (Å²) in [7, 11) is 0. The number of aliphatic hydroxyl groups is 1. The first kappa shape index (κ1) is 12.7. The zero-order valence-corrected chi connectivity index (χ0v) is 12.3. The fraction of sp³-hybridized carbons (Fsp3) is 0.100. The predicted molar refractivity (Wildman–Crippen MR) is 86.5 cm³/mol. The third-order valence-electron chi connectivity index (χ3n) is 4.71. The number of ether oxygens (including phenoxy) is 2. The van der Waals surface area contributed by atoms with Crippen molar-refractivity contribution in [1.29, 1.82) is 0 Å². The van der Waals surface area contributed by atoms with Crippen LogP contribution in [0.3, 0.4) is 0 Å². The van der Waals surface area contributed by atoms with Crippen LogP contribution >= 0.6 is 0 Å². The molecule has 112 valence electrons. The molecule has 0 saturated carbocycles. The summed E-state index contributed by atoms with van der Waals surface area (Å²) in [4.78, 5) is 0. The first-order valence-corrected chi connectivity index (χ1v) is 7.61. The fourth-order valence-corrected chi connectivity index (χ4v) is 3.72. The molecule has 0 fully saturated rings. The van der Waals surface area contributed by atoms with Gasteiger partial charge >= 0.3 is 0 Å². The van der Waals surface area contributed by atoms with Crippen molar-refractivity contribution >= 4 is 0 Å². The highest BCUT2D eigenvalue weighted by atomic mass is 16.7. The lowest BCUT2D eigenvalue weighted by Crippen LogP contribution is -2.26. The Labute approximate surface area is 133 Å². The van der Waals surface area contributed by atoms with Crippen LogP contribution in [0, 0.1) is 0 Å². The maximum Gasteiger partial charge on any atom is 0.231 e. The molecule has 1 aliphatic carbocycles. The van der Waals surface area contributed by atoms with E-state index in [0.29, 0.717) is 11.5 Å². The highest BCUT2D eigenvalue weighted by Gasteiger charge is 2.45. The first-order chi connectivity index (χ1) is 11.3. The van der Waals surface area contributed by atoms with E-state index in [0.717, 1.165) is 27.8 Å². The first-order valence-electron chi connectivity index (χ1n) is 7.61. The molecular weight excluding hydrogens is 288 g/mol. The van der Waals surface area contributed by atoms with Crippen molar-refractivity contribution in [2.45, 2.75) is 5.60 Å². The van der Waals surface area contributed by atoms with Gasteiger partial charge in [0, 0.05) is 16.7 Å². The SMILES string of the molecule is OC1(c2cccc3c2OCO3)c2ccccc2-c2ccccc21. The Morgan fingerprint density at radius 3 is 2.00 bits per heavy atom. The zero-order valence-electron chi connectivity index (χ0n) is 12.3. The van der Waals surface area contributed by atoms with Crippen molar-refractivity contribution < 1.29 is 14.6 Å². The molecule has 1 N–H and O–H groups in total. The van der Waals surface area contributed by atoms with E-state index in [-0.39, 0.29) is 6.79 Å². The summed E-state index contributed by atoms with van der Waals surface area (Å²) in [6, 6.07) is 21.6. The van der Waals surface area contributed by atoms with Gasteiger partial charge < -0.3 is 14.6 Å². The van der Waals surface area contributed by atoms with Gasteiger partial charge in [-0.1, -0.05) is 60.7 Å². The Hall–Kier alpha value is -2.78. The number of rotatable bonds is 1. The third kappa shape index (κ3) is 1.52. The topological polar surface area (TPSA) is 38.7 Å². The molecule has 0 aromatic heterocycles. The lowest BCUT2D eigenvalue weighted by Gasteiger charge is -2.27. The molecule has 1 aliphatic heterocycles. The van der Waals surface area contributed by atoms with E-state index in [1.807, 2.05) is 66.7 Å². The quantitative estimate of drug-likeness (QED) is 0.745. The highest BCUT2D eigenvalue weighted by molar-refractivity contribution is 5.83. The Morgan fingerprint density at radius 2 is 1.30 bits per heavy atom. The monoisotopic (exact) mass is 302 g/mol. The van der Waals surface area contributed by atoms with Crippen LogP contribution in [0.5, 0.6) is 11.5 Å². The Bertz CT molecular complexity index is 884. The zero-order chi connectivity index (χ0) is 15.4. The Morgan fingerprint density at radius 1 is 0.696 bits per heavy atom. The fourth-order valence-electron chi connectivity index (χ4n) is 3.72. The van der Waals surface area contributed by atoms with E-state index < -0.39 is 5.60 Å². The average molecular weight is 302 g/mol. The highest BCUT2D eigenvalue weighted by Crippen LogP contribution is 2.54. The molecule has 0 bridgehead atoms. The second kappa shape index (κ2) is 4.37. The van der Waals surface area contributed by atoms with E-state index in [2.05, 4.69) is 0 Å². The van der Waals surface area contributed by atoms with Crippen LogP contribution in [-0.2, 0) is 5.60 Å². The second-order valence-corrected chi connectivity index (χ2v) is 5.84. The van der Waals surface area contributed by atoms with Gasteiger partial charge in [-0.25, -0.2) is 0 Å². The lowest BCUT2D eigenvalue weighted by molar-refractivity contribution is 0.123. The molecule has 3 aromatic rings. The molecule has 0 amide bonds. The van der Waals surface area contributed by atoms with Crippen LogP contribution < -0.4 is 9.47 Å². The van der Waals surface area contributed by atoms with Crippen molar-refractivity contribution in [1.82, 2.24) is 0 Å². The maximum atomic E-state index is 11.8. The molecule has 0 atom stereocenters. The summed E-state index contributed by atoms with van der Waals surface area (Å²) in [5.74, 6) is 1.30. The summed E-state index contributed by atoms with van der Waals surface area (Å²) < 4.78 is 11.1. The molecule has 3 nitrogen and oxygen atoms in total. The van der Waals surface area contributed by atoms with E-state index in [1.54, 1.807) is 0 Å². The number of hydrogen-bond donors (Lipinski definition) is 1. The molecule has 0 unspecified atom stereocenters. The van der Waals surface area contributed by atoms with Crippen LogP contribution in [0.15, 0.2) is 66.7 Å². The van der Waals surface area contributed by atoms with Crippen LogP contribution in [-0.4, -0.2) is 11.9 Å². The van der Waals surface area contributed by atoms with Gasteiger partial charge in [-0.3, -0.25) is 0 Å². The van der Waals surface area contributed by atoms with Crippen molar-refractivity contribution in [2.24, 2.45) is 0 Å². The van der Waals surface area contributed by atoms with Gasteiger partial charge in [-0.15, -0.1) is 0 Å². The average Bonchev–Trinajstić information content (AvgIpc) is 3.18. The third-order valence-corrected chi connectivity index (χ3v) is 4.71. The van der Waals surface area contributed by atoms with Crippen molar-refractivity contribution in [2.75, 3.05) is 6.79 Å². The molecule has 0 saturated heterocycles. The summed E-state index contributed by atoms with van der Waals surface area (Å²) >= 11 is 0. The van der Waals surface area contributed by atoms with Crippen LogP contribution in [0.25, 0.3) is 11.1 Å². The van der Waals surface area contributed by atoms with Crippen molar-refractivity contribution in [3.63, 3.8) is 0 Å². The van der Waals surface area contributed by atoms with E-state index in [9.17, 15) is 5.11 Å². The van der Waals surface area contributed by atoms with Crippen LogP contribution in [0.1, 0.15) is 16.7 Å². The van der Waals surface area contributed by atoms with Gasteiger partial charge in [0.2, 0.25) is 6.79 Å². The predicted octanol–water partition coefficient (Wildman–Crippen LogP) is 3.68. The Balaban J connectivity index is 1.88. The maximum absolute atomic E-state index is 11.8. The van der Waals surface area contributed by atoms with Gasteiger partial charge in [0.25, 0.3) is 0 Å². The van der Waals surface area contributed by atoms with Crippen LogP contribution in [0.4, 0.5) is 0 Å².